The predicted octanol–water partition coefficient (Wildman–Crippen LogP) is 2.16. The lowest BCUT2D eigenvalue weighted by molar-refractivity contribution is -0.147. The van der Waals surface area contributed by atoms with Gasteiger partial charge in [0.15, 0.2) is 5.78 Å². The highest BCUT2D eigenvalue weighted by Crippen LogP contribution is 2.30. The lowest BCUT2D eigenvalue weighted by Gasteiger charge is -2.25. The number of carbonyl (C=O) groups excluding carboxylic acids is 2. The van der Waals surface area contributed by atoms with Crippen LogP contribution < -0.4 is 5.32 Å². The van der Waals surface area contributed by atoms with Crippen LogP contribution in [0.15, 0.2) is 30.3 Å². The first-order valence-corrected chi connectivity index (χ1v) is 7.16. The van der Waals surface area contributed by atoms with Gasteiger partial charge in [-0.25, -0.2) is 4.79 Å². The summed E-state index contributed by atoms with van der Waals surface area (Å²) in [5, 5.41) is 11.9. The lowest BCUT2D eigenvalue weighted by Crippen LogP contribution is -2.52. The van der Waals surface area contributed by atoms with Crippen molar-refractivity contribution in [2.24, 2.45) is 0 Å². The number of benzene rings is 1. The summed E-state index contributed by atoms with van der Waals surface area (Å²) in [5.74, 6) is -1.46. The Morgan fingerprint density at radius 1 is 1.05 bits per heavy atom. The molecule has 1 aromatic carbocycles. The second-order valence-electron chi connectivity index (χ2n) is 5.43. The molecule has 0 aliphatic heterocycles. The van der Waals surface area contributed by atoms with Gasteiger partial charge in [-0.05, 0) is 12.8 Å². The van der Waals surface area contributed by atoms with Gasteiger partial charge in [0.2, 0.25) is 5.91 Å². The molecule has 0 bridgehead atoms. The molecule has 1 aromatic rings. The summed E-state index contributed by atoms with van der Waals surface area (Å²) in [4.78, 5) is 35.2. The van der Waals surface area contributed by atoms with E-state index in [1.54, 1.807) is 24.3 Å². The standard InChI is InChI=1S/C16H19NO4/c18-13(12-6-2-1-3-7-12)8-9-14(19)17-16(15(20)21)10-4-5-11-16/h1-3,6-7H,4-5,8-11H2,(H,17,19)(H,20,21). The Kier molecular flexibility index (Phi) is 4.73. The molecule has 0 saturated heterocycles. The summed E-state index contributed by atoms with van der Waals surface area (Å²) in [6, 6.07) is 8.77. The average molecular weight is 289 g/mol. The minimum absolute atomic E-state index is 0.0166. The van der Waals surface area contributed by atoms with E-state index >= 15 is 0 Å². The number of ketones is 1. The molecule has 0 heterocycles. The molecule has 0 spiro atoms. The number of carboxylic acid groups (broad SMARTS) is 1. The second kappa shape index (κ2) is 6.52. The van der Waals surface area contributed by atoms with Crippen LogP contribution in [0.25, 0.3) is 0 Å². The van der Waals surface area contributed by atoms with Crippen LogP contribution >= 0.6 is 0 Å². The van der Waals surface area contributed by atoms with Gasteiger partial charge in [-0.1, -0.05) is 43.2 Å². The monoisotopic (exact) mass is 289 g/mol. The molecule has 0 radical (unpaired) electrons. The van der Waals surface area contributed by atoms with E-state index in [1.807, 2.05) is 6.07 Å². The molecule has 112 valence electrons. The zero-order valence-electron chi connectivity index (χ0n) is 11.8. The quantitative estimate of drug-likeness (QED) is 0.786. The first-order chi connectivity index (χ1) is 10.0. The van der Waals surface area contributed by atoms with Gasteiger partial charge in [-0.15, -0.1) is 0 Å². The largest absolute Gasteiger partial charge is 0.480 e. The summed E-state index contributed by atoms with van der Waals surface area (Å²) < 4.78 is 0. The maximum atomic E-state index is 11.9. The van der Waals surface area contributed by atoms with Crippen molar-refractivity contribution in [2.45, 2.75) is 44.1 Å². The smallest absolute Gasteiger partial charge is 0.329 e. The Morgan fingerprint density at radius 3 is 2.24 bits per heavy atom. The second-order valence-corrected chi connectivity index (χ2v) is 5.43. The van der Waals surface area contributed by atoms with Gasteiger partial charge in [0.25, 0.3) is 0 Å². The van der Waals surface area contributed by atoms with Crippen molar-refractivity contribution in [2.75, 3.05) is 0 Å². The molecule has 5 nitrogen and oxygen atoms in total. The van der Waals surface area contributed by atoms with Crippen molar-refractivity contribution in [1.82, 2.24) is 5.32 Å². The summed E-state index contributed by atoms with van der Waals surface area (Å²) in [7, 11) is 0. The Balaban J connectivity index is 1.87. The van der Waals surface area contributed by atoms with Gasteiger partial charge < -0.3 is 10.4 Å². The van der Waals surface area contributed by atoms with Crippen LogP contribution in [0.2, 0.25) is 0 Å². The van der Waals surface area contributed by atoms with Crippen LogP contribution in [0.3, 0.4) is 0 Å². The minimum Gasteiger partial charge on any atom is -0.480 e. The van der Waals surface area contributed by atoms with Crippen LogP contribution in [-0.2, 0) is 9.59 Å². The normalized spacial score (nSPS) is 16.4. The zero-order chi connectivity index (χ0) is 15.3. The highest BCUT2D eigenvalue weighted by Gasteiger charge is 2.42. The molecule has 1 amide bonds. The number of carboxylic acids is 1. The fraction of sp³-hybridized carbons (Fsp3) is 0.438. The molecule has 1 aliphatic rings. The highest BCUT2D eigenvalue weighted by atomic mass is 16.4. The number of nitrogens with one attached hydrogen (secondary N) is 1. The fourth-order valence-electron chi connectivity index (χ4n) is 2.70. The van der Waals surface area contributed by atoms with Crippen molar-refractivity contribution < 1.29 is 19.5 Å². The molecule has 2 rings (SSSR count). The molecule has 5 heteroatoms. The Morgan fingerprint density at radius 2 is 1.67 bits per heavy atom. The van der Waals surface area contributed by atoms with Gasteiger partial charge in [-0.2, -0.15) is 0 Å². The van der Waals surface area contributed by atoms with E-state index in [-0.39, 0.29) is 24.5 Å². The molecule has 1 fully saturated rings. The van der Waals surface area contributed by atoms with Gasteiger partial charge >= 0.3 is 5.97 Å². The number of hydrogen-bond acceptors (Lipinski definition) is 3. The Bertz CT molecular complexity index is 532. The fourth-order valence-corrected chi connectivity index (χ4v) is 2.70. The van der Waals surface area contributed by atoms with Crippen molar-refractivity contribution in [3.05, 3.63) is 35.9 Å². The Labute approximate surface area is 123 Å². The van der Waals surface area contributed by atoms with Crippen LogP contribution in [0.1, 0.15) is 48.9 Å². The maximum Gasteiger partial charge on any atom is 0.329 e. The van der Waals surface area contributed by atoms with Gasteiger partial charge in [-0.3, -0.25) is 9.59 Å². The Hall–Kier alpha value is -2.17. The molecule has 0 atom stereocenters. The molecule has 2 N–H and O–H groups in total. The van der Waals surface area contributed by atoms with Crippen molar-refractivity contribution in [1.29, 1.82) is 0 Å². The summed E-state index contributed by atoms with van der Waals surface area (Å²) >= 11 is 0. The maximum absolute atomic E-state index is 11.9. The predicted molar refractivity (Wildman–Crippen MR) is 77.0 cm³/mol. The molecule has 1 saturated carbocycles. The number of hydrogen-bond donors (Lipinski definition) is 2. The number of rotatable bonds is 6. The van der Waals surface area contributed by atoms with Crippen LogP contribution in [0.5, 0.6) is 0 Å². The summed E-state index contributed by atoms with van der Waals surface area (Å²) in [5.41, 5.74) is -0.563. The third-order valence-corrected chi connectivity index (χ3v) is 3.92. The average Bonchev–Trinajstić information content (AvgIpc) is 2.95. The van der Waals surface area contributed by atoms with Gasteiger partial charge in [0.1, 0.15) is 5.54 Å². The van der Waals surface area contributed by atoms with E-state index in [2.05, 4.69) is 5.32 Å². The topological polar surface area (TPSA) is 83.5 Å². The number of amides is 1. The highest BCUT2D eigenvalue weighted by molar-refractivity contribution is 5.98. The van der Waals surface area contributed by atoms with Crippen molar-refractivity contribution in [3.63, 3.8) is 0 Å². The van der Waals surface area contributed by atoms with E-state index in [0.717, 1.165) is 12.8 Å². The summed E-state index contributed by atoms with van der Waals surface area (Å²) in [6.45, 7) is 0. The van der Waals surface area contributed by atoms with Crippen LogP contribution in [-0.4, -0.2) is 28.3 Å². The lowest BCUT2D eigenvalue weighted by atomic mass is 9.97. The minimum atomic E-state index is -1.13. The molecular formula is C16H19NO4. The number of aliphatic carboxylic acids is 1. The van der Waals surface area contributed by atoms with Crippen molar-refractivity contribution >= 4 is 17.7 Å². The van der Waals surface area contributed by atoms with Gasteiger partial charge in [0, 0.05) is 18.4 Å². The van der Waals surface area contributed by atoms with Crippen molar-refractivity contribution in [3.8, 4) is 0 Å². The molecule has 21 heavy (non-hydrogen) atoms. The van der Waals surface area contributed by atoms with E-state index < -0.39 is 11.5 Å². The number of Topliss-reactive ketones (excluding diaryl/α,β-unsaturated/α-hetero) is 1. The van der Waals surface area contributed by atoms with Crippen LogP contribution in [0, 0.1) is 0 Å². The van der Waals surface area contributed by atoms with E-state index in [1.165, 1.54) is 0 Å². The first-order valence-electron chi connectivity index (χ1n) is 7.16. The molecule has 0 aromatic heterocycles. The molecule has 0 unspecified atom stereocenters. The summed E-state index contributed by atoms with van der Waals surface area (Å²) in [6.07, 6.45) is 2.63. The third kappa shape index (κ3) is 3.68. The van der Waals surface area contributed by atoms with Gasteiger partial charge in [0.05, 0.1) is 0 Å². The van der Waals surface area contributed by atoms with Crippen LogP contribution in [0.4, 0.5) is 0 Å². The number of carbonyl (C=O) groups is 3. The first kappa shape index (κ1) is 15.2. The zero-order valence-corrected chi connectivity index (χ0v) is 11.8. The van der Waals surface area contributed by atoms with E-state index in [4.69, 9.17) is 0 Å². The SMILES string of the molecule is O=C(CCC(=O)c1ccccc1)NC1(C(=O)O)CCCC1. The van der Waals surface area contributed by atoms with E-state index in [0.29, 0.717) is 18.4 Å². The molecular weight excluding hydrogens is 270 g/mol. The molecule has 1 aliphatic carbocycles. The third-order valence-electron chi connectivity index (χ3n) is 3.92. The van der Waals surface area contributed by atoms with E-state index in [9.17, 15) is 19.5 Å².